The van der Waals surface area contributed by atoms with Gasteiger partial charge in [-0.3, -0.25) is 10.1 Å². The van der Waals surface area contributed by atoms with Crippen molar-refractivity contribution in [3.63, 3.8) is 0 Å². The first-order chi connectivity index (χ1) is 16.9. The van der Waals surface area contributed by atoms with E-state index in [1.807, 2.05) is 73.0 Å². The predicted molar refractivity (Wildman–Crippen MR) is 142 cm³/mol. The lowest BCUT2D eigenvalue weighted by Gasteiger charge is -2.17. The van der Waals surface area contributed by atoms with Gasteiger partial charge in [-0.05, 0) is 60.0 Å². The molecule has 1 aliphatic rings. The zero-order chi connectivity index (χ0) is 24.6. The molecule has 1 saturated carbocycles. The normalized spacial score (nSPS) is 14.8. The number of carbonyl (C=O) groups excluding carboxylic acids is 1. The third kappa shape index (κ3) is 4.72. The van der Waals surface area contributed by atoms with Gasteiger partial charge < -0.3 is 9.84 Å². The fraction of sp³-hybridized carbons (Fsp3) is 0.185. The number of anilines is 1. The molecule has 2 N–H and O–H groups in total. The molecular weight excluding hydrogens is 502 g/mol. The summed E-state index contributed by atoms with van der Waals surface area (Å²) >= 11 is 9.27. The number of aliphatic carboxylic acids is 1. The predicted octanol–water partition coefficient (Wildman–Crippen LogP) is 8.22. The van der Waals surface area contributed by atoms with Crippen LogP contribution >= 0.6 is 34.3 Å². The molecule has 1 aliphatic carbocycles. The van der Waals surface area contributed by atoms with E-state index in [-0.39, 0.29) is 6.10 Å². The summed E-state index contributed by atoms with van der Waals surface area (Å²) < 4.78 is 6.08. The maximum atomic E-state index is 12.7. The molecular formula is C27H22ClNO4S2. The molecule has 0 saturated heterocycles. The molecule has 35 heavy (non-hydrogen) atoms. The number of ether oxygens (including phenoxy) is 1. The SMILES string of the molecule is CC(OC(=O)Nc1cc(Cl)sc1-c1cc(C2(C(=O)O)CC2)ccc1-c1ccccc1)c1cccs1. The summed E-state index contributed by atoms with van der Waals surface area (Å²) in [6, 6.07) is 21.2. The van der Waals surface area contributed by atoms with Crippen LogP contribution < -0.4 is 5.32 Å². The summed E-state index contributed by atoms with van der Waals surface area (Å²) in [7, 11) is 0. The topological polar surface area (TPSA) is 75.6 Å². The van der Waals surface area contributed by atoms with Crippen molar-refractivity contribution in [1.29, 1.82) is 0 Å². The van der Waals surface area contributed by atoms with Crippen molar-refractivity contribution in [2.24, 2.45) is 0 Å². The Labute approximate surface area is 216 Å². The van der Waals surface area contributed by atoms with E-state index in [0.717, 1.165) is 32.0 Å². The molecule has 178 valence electrons. The summed E-state index contributed by atoms with van der Waals surface area (Å²) in [6.45, 7) is 1.82. The van der Waals surface area contributed by atoms with Crippen LogP contribution in [0.25, 0.3) is 21.6 Å². The highest BCUT2D eigenvalue weighted by atomic mass is 35.5. The Balaban J connectivity index is 1.53. The largest absolute Gasteiger partial charge is 0.481 e. The first-order valence-electron chi connectivity index (χ1n) is 11.1. The Morgan fingerprint density at radius 1 is 1.06 bits per heavy atom. The van der Waals surface area contributed by atoms with Crippen LogP contribution in [0.4, 0.5) is 10.5 Å². The first kappa shape index (κ1) is 23.6. The lowest BCUT2D eigenvalue weighted by molar-refractivity contribution is -0.140. The molecule has 2 aromatic heterocycles. The number of rotatable bonds is 7. The summed E-state index contributed by atoms with van der Waals surface area (Å²) in [4.78, 5) is 26.5. The van der Waals surface area contributed by atoms with Gasteiger partial charge in [0, 0.05) is 10.4 Å². The number of carboxylic acids is 1. The van der Waals surface area contributed by atoms with E-state index < -0.39 is 17.5 Å². The van der Waals surface area contributed by atoms with Crippen LogP contribution in [-0.4, -0.2) is 17.2 Å². The van der Waals surface area contributed by atoms with Gasteiger partial charge in [-0.2, -0.15) is 0 Å². The zero-order valence-electron chi connectivity index (χ0n) is 18.8. The second-order valence-electron chi connectivity index (χ2n) is 8.49. The van der Waals surface area contributed by atoms with E-state index in [1.165, 1.54) is 22.7 Å². The van der Waals surface area contributed by atoms with Crippen molar-refractivity contribution >= 4 is 52.0 Å². The Hall–Kier alpha value is -3.13. The van der Waals surface area contributed by atoms with Crippen molar-refractivity contribution in [3.05, 3.63) is 86.9 Å². The van der Waals surface area contributed by atoms with Crippen LogP contribution in [0.5, 0.6) is 0 Å². The van der Waals surface area contributed by atoms with Gasteiger partial charge in [0.1, 0.15) is 6.10 Å². The van der Waals surface area contributed by atoms with Gasteiger partial charge in [0.05, 0.1) is 20.3 Å². The summed E-state index contributed by atoms with van der Waals surface area (Å²) in [5.74, 6) is -0.815. The zero-order valence-corrected chi connectivity index (χ0v) is 21.2. The Morgan fingerprint density at radius 3 is 2.49 bits per heavy atom. The van der Waals surface area contributed by atoms with Crippen LogP contribution in [0, 0.1) is 0 Å². The summed E-state index contributed by atoms with van der Waals surface area (Å²) in [5.41, 5.74) is 3.16. The second kappa shape index (κ2) is 9.49. The fourth-order valence-electron chi connectivity index (χ4n) is 4.18. The lowest BCUT2D eigenvalue weighted by atomic mass is 9.89. The highest BCUT2D eigenvalue weighted by Crippen LogP contribution is 2.51. The summed E-state index contributed by atoms with van der Waals surface area (Å²) in [5, 5.41) is 14.6. The second-order valence-corrected chi connectivity index (χ2v) is 11.2. The molecule has 1 atom stereocenters. The van der Waals surface area contributed by atoms with Gasteiger partial charge >= 0.3 is 12.1 Å². The molecule has 2 aromatic carbocycles. The molecule has 0 aliphatic heterocycles. The van der Waals surface area contributed by atoms with Crippen molar-refractivity contribution < 1.29 is 19.4 Å². The van der Waals surface area contributed by atoms with E-state index in [9.17, 15) is 14.7 Å². The maximum absolute atomic E-state index is 12.7. The third-order valence-electron chi connectivity index (χ3n) is 6.23. The first-order valence-corrected chi connectivity index (χ1v) is 13.2. The molecule has 5 nitrogen and oxygen atoms in total. The van der Waals surface area contributed by atoms with Gasteiger partial charge in [0.15, 0.2) is 0 Å². The average molecular weight is 524 g/mol. The molecule has 5 rings (SSSR count). The number of carbonyl (C=O) groups is 2. The number of thiophene rings is 2. The van der Waals surface area contributed by atoms with Crippen molar-refractivity contribution in [3.8, 4) is 21.6 Å². The number of hydrogen-bond donors (Lipinski definition) is 2. The van der Waals surface area contributed by atoms with Crippen LogP contribution in [0.2, 0.25) is 4.34 Å². The van der Waals surface area contributed by atoms with E-state index in [2.05, 4.69) is 5.32 Å². The molecule has 0 radical (unpaired) electrons. The number of halogens is 1. The minimum atomic E-state index is -0.853. The van der Waals surface area contributed by atoms with E-state index in [4.69, 9.17) is 16.3 Å². The quantitative estimate of drug-likeness (QED) is 0.256. The molecule has 1 fully saturated rings. The lowest BCUT2D eigenvalue weighted by Crippen LogP contribution is -2.19. The highest BCUT2D eigenvalue weighted by molar-refractivity contribution is 7.20. The monoisotopic (exact) mass is 523 g/mol. The number of amides is 1. The number of benzene rings is 2. The maximum Gasteiger partial charge on any atom is 0.412 e. The van der Waals surface area contributed by atoms with Crippen LogP contribution in [0.3, 0.4) is 0 Å². The van der Waals surface area contributed by atoms with Crippen molar-refractivity contribution in [1.82, 2.24) is 0 Å². The van der Waals surface area contributed by atoms with Gasteiger partial charge in [0.25, 0.3) is 0 Å². The third-order valence-corrected chi connectivity index (χ3v) is 8.56. The Kier molecular flexibility index (Phi) is 6.40. The van der Waals surface area contributed by atoms with Crippen molar-refractivity contribution in [2.75, 3.05) is 5.32 Å². The van der Waals surface area contributed by atoms with Gasteiger partial charge in [-0.15, -0.1) is 22.7 Å². The van der Waals surface area contributed by atoms with E-state index in [0.29, 0.717) is 22.9 Å². The standard InChI is InChI=1S/C27H22ClNO4S2/c1-16(22-8-5-13-34-22)33-26(32)29-21-15-23(28)35-24(21)20-14-18(27(11-12-27)25(30)31)9-10-19(20)17-6-3-2-4-7-17/h2-10,13-16H,11-12H2,1H3,(H,29,32)(H,30,31). The van der Waals surface area contributed by atoms with Gasteiger partial charge in [0.2, 0.25) is 0 Å². The van der Waals surface area contributed by atoms with Crippen molar-refractivity contribution in [2.45, 2.75) is 31.3 Å². The van der Waals surface area contributed by atoms with Crippen LogP contribution in [0.1, 0.15) is 36.3 Å². The molecule has 1 amide bonds. The molecule has 0 spiro atoms. The smallest absolute Gasteiger partial charge is 0.412 e. The van der Waals surface area contributed by atoms with Gasteiger partial charge in [-0.25, -0.2) is 4.79 Å². The minimum Gasteiger partial charge on any atom is -0.481 e. The fourth-order valence-corrected chi connectivity index (χ4v) is 6.11. The van der Waals surface area contributed by atoms with E-state index >= 15 is 0 Å². The van der Waals surface area contributed by atoms with Crippen LogP contribution in [0.15, 0.2) is 72.1 Å². The average Bonchev–Trinajstić information content (AvgIpc) is 3.32. The van der Waals surface area contributed by atoms with E-state index in [1.54, 1.807) is 6.07 Å². The number of carboxylic acid groups (broad SMARTS) is 1. The molecule has 8 heteroatoms. The molecule has 2 heterocycles. The van der Waals surface area contributed by atoms with Crippen LogP contribution in [-0.2, 0) is 14.9 Å². The molecule has 0 bridgehead atoms. The Bertz CT molecular complexity index is 1380. The molecule has 1 unspecified atom stereocenters. The highest BCUT2D eigenvalue weighted by Gasteiger charge is 2.51. The Morgan fingerprint density at radius 2 is 1.83 bits per heavy atom. The van der Waals surface area contributed by atoms with Gasteiger partial charge in [-0.1, -0.05) is 60.1 Å². The number of nitrogens with one attached hydrogen (secondary N) is 1. The number of hydrogen-bond acceptors (Lipinski definition) is 5. The summed E-state index contributed by atoms with van der Waals surface area (Å²) in [6.07, 6.45) is 0.245. The minimum absolute atomic E-state index is 0.388. The molecule has 4 aromatic rings.